The minimum atomic E-state index is -0.404. The maximum Gasteiger partial charge on any atom is 0.323 e. The standard InChI is InChI=1S/C28H34BrN3O2/c1-6-7-9-20-16-17-32(22-14-12-21(29)13-15-22)27(33)25(20)30-28(34)31-26-23(18(2)3)10-8-11-24(26)19(4)5/h8,10-19H,6-7,9H2,1-5H3,(H2,30,31,34). The highest BCUT2D eigenvalue weighted by Crippen LogP contribution is 2.32. The lowest BCUT2D eigenvalue weighted by molar-refractivity contribution is 0.262. The van der Waals surface area contributed by atoms with Gasteiger partial charge in [0.1, 0.15) is 5.69 Å². The van der Waals surface area contributed by atoms with E-state index in [1.165, 1.54) is 0 Å². The number of hydrogen-bond donors (Lipinski definition) is 2. The van der Waals surface area contributed by atoms with Crippen molar-refractivity contribution in [3.63, 3.8) is 0 Å². The molecule has 2 amide bonds. The van der Waals surface area contributed by atoms with Gasteiger partial charge in [0, 0.05) is 22.0 Å². The minimum Gasteiger partial charge on any atom is -0.307 e. The summed E-state index contributed by atoms with van der Waals surface area (Å²) in [5.74, 6) is 0.501. The van der Waals surface area contributed by atoms with Gasteiger partial charge < -0.3 is 10.6 Å². The predicted octanol–water partition coefficient (Wildman–Crippen LogP) is 7.83. The largest absolute Gasteiger partial charge is 0.323 e. The molecule has 0 bridgehead atoms. The Balaban J connectivity index is 2.00. The molecule has 6 heteroatoms. The number of nitrogens with zero attached hydrogens (tertiary/aromatic N) is 1. The lowest BCUT2D eigenvalue weighted by atomic mass is 9.93. The minimum absolute atomic E-state index is 0.243. The van der Waals surface area contributed by atoms with Gasteiger partial charge in [0.05, 0.1) is 0 Å². The van der Waals surface area contributed by atoms with E-state index in [9.17, 15) is 9.59 Å². The lowest BCUT2D eigenvalue weighted by Crippen LogP contribution is -2.29. The molecule has 0 fully saturated rings. The van der Waals surface area contributed by atoms with Gasteiger partial charge in [-0.2, -0.15) is 0 Å². The number of halogens is 1. The number of urea groups is 1. The van der Waals surface area contributed by atoms with Crippen molar-refractivity contribution in [2.75, 3.05) is 10.6 Å². The SMILES string of the molecule is CCCCc1ccn(-c2ccc(Br)cc2)c(=O)c1NC(=O)Nc1c(C(C)C)cccc1C(C)C. The highest BCUT2D eigenvalue weighted by atomic mass is 79.9. The fourth-order valence-electron chi connectivity index (χ4n) is 4.04. The van der Waals surface area contributed by atoms with Gasteiger partial charge in [0.2, 0.25) is 0 Å². The summed E-state index contributed by atoms with van der Waals surface area (Å²) in [6.45, 7) is 10.6. The van der Waals surface area contributed by atoms with Crippen LogP contribution in [0.1, 0.15) is 76.0 Å². The number of aryl methyl sites for hydroxylation is 1. The van der Waals surface area contributed by atoms with Gasteiger partial charge in [-0.1, -0.05) is 75.2 Å². The van der Waals surface area contributed by atoms with E-state index < -0.39 is 6.03 Å². The number of hydrogen-bond acceptors (Lipinski definition) is 2. The Kier molecular flexibility index (Phi) is 8.72. The number of anilines is 2. The number of benzene rings is 2. The molecule has 5 nitrogen and oxygen atoms in total. The summed E-state index contributed by atoms with van der Waals surface area (Å²) in [5.41, 5.74) is 4.64. The van der Waals surface area contributed by atoms with Crippen LogP contribution < -0.4 is 16.2 Å². The Morgan fingerprint density at radius 1 is 0.912 bits per heavy atom. The molecule has 34 heavy (non-hydrogen) atoms. The number of rotatable bonds is 8. The lowest BCUT2D eigenvalue weighted by Gasteiger charge is -2.21. The monoisotopic (exact) mass is 523 g/mol. The zero-order valence-corrected chi connectivity index (χ0v) is 22.2. The van der Waals surface area contributed by atoms with Crippen LogP contribution in [-0.4, -0.2) is 10.6 Å². The molecule has 2 aromatic carbocycles. The Hall–Kier alpha value is -2.86. The number of unbranched alkanes of at least 4 members (excludes halogenated alkanes) is 1. The molecule has 180 valence electrons. The maximum absolute atomic E-state index is 13.5. The molecule has 0 atom stereocenters. The van der Waals surface area contributed by atoms with Crippen molar-refractivity contribution in [3.8, 4) is 5.69 Å². The molecule has 0 aliphatic heterocycles. The third-order valence-electron chi connectivity index (χ3n) is 5.93. The molecule has 2 N–H and O–H groups in total. The average Bonchev–Trinajstić information content (AvgIpc) is 2.80. The van der Waals surface area contributed by atoms with Gasteiger partial charge in [-0.3, -0.25) is 9.36 Å². The number of nitrogens with one attached hydrogen (secondary N) is 2. The van der Waals surface area contributed by atoms with Crippen LogP contribution in [0.4, 0.5) is 16.2 Å². The first kappa shape index (κ1) is 25.8. The Bertz CT molecular complexity index is 1170. The molecule has 0 saturated heterocycles. The Morgan fingerprint density at radius 3 is 2.06 bits per heavy atom. The van der Waals surface area contributed by atoms with Crippen LogP contribution in [0.3, 0.4) is 0 Å². The Labute approximate surface area is 210 Å². The van der Waals surface area contributed by atoms with Crippen molar-refractivity contribution >= 4 is 33.3 Å². The highest BCUT2D eigenvalue weighted by molar-refractivity contribution is 9.10. The number of para-hydroxylation sites is 1. The van der Waals surface area contributed by atoms with Crippen LogP contribution in [0.5, 0.6) is 0 Å². The van der Waals surface area contributed by atoms with E-state index >= 15 is 0 Å². The summed E-state index contributed by atoms with van der Waals surface area (Å²) >= 11 is 3.43. The fourth-order valence-corrected chi connectivity index (χ4v) is 4.31. The second-order valence-corrected chi connectivity index (χ2v) is 10.1. The molecule has 1 aromatic heterocycles. The van der Waals surface area contributed by atoms with E-state index in [2.05, 4.69) is 61.2 Å². The molecule has 0 spiro atoms. The first-order valence-electron chi connectivity index (χ1n) is 11.9. The molecule has 3 aromatic rings. The van der Waals surface area contributed by atoms with E-state index in [-0.39, 0.29) is 17.4 Å². The van der Waals surface area contributed by atoms with Gasteiger partial charge in [-0.15, -0.1) is 0 Å². The molecule has 3 rings (SSSR count). The van der Waals surface area contributed by atoms with Crippen LogP contribution >= 0.6 is 15.9 Å². The zero-order valence-electron chi connectivity index (χ0n) is 20.6. The summed E-state index contributed by atoms with van der Waals surface area (Å²) in [5, 5.41) is 5.96. The van der Waals surface area contributed by atoms with Gasteiger partial charge in [-0.25, -0.2) is 4.79 Å². The molecule has 1 heterocycles. The second-order valence-electron chi connectivity index (χ2n) is 9.17. The number of pyridine rings is 1. The fraction of sp³-hybridized carbons (Fsp3) is 0.357. The summed E-state index contributed by atoms with van der Waals surface area (Å²) in [4.78, 5) is 26.7. The third kappa shape index (κ3) is 5.98. The predicted molar refractivity (Wildman–Crippen MR) is 146 cm³/mol. The van der Waals surface area contributed by atoms with Crippen molar-refractivity contribution in [1.29, 1.82) is 0 Å². The van der Waals surface area contributed by atoms with Crippen molar-refractivity contribution in [2.45, 2.75) is 65.7 Å². The van der Waals surface area contributed by atoms with E-state index in [0.717, 1.165) is 51.8 Å². The van der Waals surface area contributed by atoms with Crippen LogP contribution in [-0.2, 0) is 6.42 Å². The smallest absolute Gasteiger partial charge is 0.307 e. The van der Waals surface area contributed by atoms with Crippen molar-refractivity contribution in [2.24, 2.45) is 0 Å². The van der Waals surface area contributed by atoms with E-state index in [1.807, 2.05) is 48.5 Å². The van der Waals surface area contributed by atoms with Gasteiger partial charge >= 0.3 is 6.03 Å². The van der Waals surface area contributed by atoms with Crippen LogP contribution in [0.2, 0.25) is 0 Å². The highest BCUT2D eigenvalue weighted by Gasteiger charge is 2.18. The molecule has 0 aliphatic rings. The first-order chi connectivity index (χ1) is 16.2. The topological polar surface area (TPSA) is 63.1 Å². The normalized spacial score (nSPS) is 11.2. The molecule has 0 radical (unpaired) electrons. The number of carbonyl (C=O) groups excluding carboxylic acids is 1. The van der Waals surface area contributed by atoms with E-state index in [1.54, 1.807) is 10.8 Å². The third-order valence-corrected chi connectivity index (χ3v) is 6.46. The summed E-state index contributed by atoms with van der Waals surface area (Å²) in [6, 6.07) is 15.2. The molecular formula is C28H34BrN3O2. The van der Waals surface area contributed by atoms with Crippen LogP contribution in [0.25, 0.3) is 5.69 Å². The molecule has 0 aliphatic carbocycles. The van der Waals surface area contributed by atoms with Crippen LogP contribution in [0, 0.1) is 0 Å². The van der Waals surface area contributed by atoms with Crippen molar-refractivity contribution in [3.05, 3.63) is 86.2 Å². The van der Waals surface area contributed by atoms with Gasteiger partial charge in [0.15, 0.2) is 0 Å². The van der Waals surface area contributed by atoms with Crippen LogP contribution in [0.15, 0.2) is 64.0 Å². The van der Waals surface area contributed by atoms with Gasteiger partial charge in [0.25, 0.3) is 5.56 Å². The summed E-state index contributed by atoms with van der Waals surface area (Å²) < 4.78 is 2.51. The molecule has 0 unspecified atom stereocenters. The average molecular weight is 525 g/mol. The van der Waals surface area contributed by atoms with E-state index in [4.69, 9.17) is 0 Å². The zero-order chi connectivity index (χ0) is 24.8. The summed E-state index contributed by atoms with van der Waals surface area (Å²) in [7, 11) is 0. The first-order valence-corrected chi connectivity index (χ1v) is 12.7. The molecule has 0 saturated carbocycles. The number of carbonyl (C=O) groups is 1. The summed E-state index contributed by atoms with van der Waals surface area (Å²) in [6.07, 6.45) is 4.44. The quantitative estimate of drug-likeness (QED) is 0.315. The number of aromatic nitrogens is 1. The maximum atomic E-state index is 13.5. The Morgan fingerprint density at radius 2 is 1.50 bits per heavy atom. The van der Waals surface area contributed by atoms with Crippen molar-refractivity contribution in [1.82, 2.24) is 4.57 Å². The van der Waals surface area contributed by atoms with Crippen molar-refractivity contribution < 1.29 is 4.79 Å². The number of amides is 2. The van der Waals surface area contributed by atoms with Gasteiger partial charge in [-0.05, 0) is 71.7 Å². The molecular weight excluding hydrogens is 490 g/mol. The van der Waals surface area contributed by atoms with E-state index in [0.29, 0.717) is 5.69 Å². The second kappa shape index (κ2) is 11.5.